The lowest BCUT2D eigenvalue weighted by Gasteiger charge is -2.13. The van der Waals surface area contributed by atoms with E-state index < -0.39 is 11.9 Å². The average molecular weight is 270 g/mol. The number of hydrogen-bond donors (Lipinski definition) is 3. The summed E-state index contributed by atoms with van der Waals surface area (Å²) in [5, 5.41) is 15.0. The molecule has 1 aromatic carbocycles. The van der Waals surface area contributed by atoms with E-state index in [0.29, 0.717) is 13.0 Å². The molecule has 1 unspecified atom stereocenters. The van der Waals surface area contributed by atoms with Gasteiger partial charge in [-0.05, 0) is 12.1 Å². The summed E-state index contributed by atoms with van der Waals surface area (Å²) in [7, 11) is 1.57. The van der Waals surface area contributed by atoms with E-state index in [1.807, 2.05) is 0 Å². The summed E-state index contributed by atoms with van der Waals surface area (Å²) in [6, 6.07) is 6.02. The SMILES string of the molecule is CNC(=O)CCNCC(O)COc1ccccc1F. The smallest absolute Gasteiger partial charge is 0.221 e. The minimum Gasteiger partial charge on any atom is -0.488 e. The molecule has 0 heterocycles. The zero-order chi connectivity index (χ0) is 14.1. The number of carbonyl (C=O) groups excluding carboxylic acids is 1. The van der Waals surface area contributed by atoms with Crippen LogP contribution in [0.3, 0.4) is 0 Å². The van der Waals surface area contributed by atoms with E-state index in [1.165, 1.54) is 12.1 Å². The van der Waals surface area contributed by atoms with Crippen molar-refractivity contribution in [1.82, 2.24) is 10.6 Å². The number of amides is 1. The molecule has 0 aliphatic heterocycles. The van der Waals surface area contributed by atoms with Gasteiger partial charge in [0.25, 0.3) is 0 Å². The first-order valence-corrected chi connectivity index (χ1v) is 6.10. The van der Waals surface area contributed by atoms with Crippen molar-refractivity contribution in [3.05, 3.63) is 30.1 Å². The fourth-order valence-electron chi connectivity index (χ4n) is 1.40. The quantitative estimate of drug-likeness (QED) is 0.594. The first-order valence-electron chi connectivity index (χ1n) is 6.10. The van der Waals surface area contributed by atoms with Crippen LogP contribution in [0.1, 0.15) is 6.42 Å². The van der Waals surface area contributed by atoms with Gasteiger partial charge in [0.05, 0.1) is 0 Å². The Kier molecular flexibility index (Phi) is 6.84. The molecule has 0 aliphatic rings. The van der Waals surface area contributed by atoms with Gasteiger partial charge in [0.15, 0.2) is 11.6 Å². The molecule has 3 N–H and O–H groups in total. The van der Waals surface area contributed by atoms with Gasteiger partial charge < -0.3 is 20.5 Å². The van der Waals surface area contributed by atoms with Crippen LogP contribution in [0.25, 0.3) is 0 Å². The Labute approximate surface area is 111 Å². The Hall–Kier alpha value is -1.66. The van der Waals surface area contributed by atoms with Gasteiger partial charge in [-0.3, -0.25) is 4.79 Å². The van der Waals surface area contributed by atoms with Crippen molar-refractivity contribution in [2.45, 2.75) is 12.5 Å². The van der Waals surface area contributed by atoms with Crippen molar-refractivity contribution in [1.29, 1.82) is 0 Å². The number of aliphatic hydroxyl groups is 1. The van der Waals surface area contributed by atoms with Crippen LogP contribution in [0.2, 0.25) is 0 Å². The molecule has 1 rings (SSSR count). The van der Waals surface area contributed by atoms with Crippen LogP contribution in [-0.2, 0) is 4.79 Å². The van der Waals surface area contributed by atoms with Crippen molar-refractivity contribution in [2.75, 3.05) is 26.7 Å². The number of para-hydroxylation sites is 1. The van der Waals surface area contributed by atoms with E-state index in [4.69, 9.17) is 4.74 Å². The third-order valence-electron chi connectivity index (χ3n) is 2.46. The summed E-state index contributed by atoms with van der Waals surface area (Å²) in [6.07, 6.45) is -0.415. The maximum atomic E-state index is 13.2. The Balaban J connectivity index is 2.16. The summed E-state index contributed by atoms with van der Waals surface area (Å²) in [4.78, 5) is 10.9. The second kappa shape index (κ2) is 8.44. The summed E-state index contributed by atoms with van der Waals surface area (Å²) in [5.41, 5.74) is 0. The van der Waals surface area contributed by atoms with E-state index in [-0.39, 0.29) is 24.8 Å². The number of nitrogens with one attached hydrogen (secondary N) is 2. The van der Waals surface area contributed by atoms with Crippen molar-refractivity contribution in [3.8, 4) is 5.75 Å². The molecule has 0 spiro atoms. The van der Waals surface area contributed by atoms with Crippen molar-refractivity contribution in [2.24, 2.45) is 0 Å². The highest BCUT2D eigenvalue weighted by Crippen LogP contribution is 2.15. The van der Waals surface area contributed by atoms with Crippen LogP contribution < -0.4 is 15.4 Å². The second-order valence-corrected chi connectivity index (χ2v) is 4.02. The van der Waals surface area contributed by atoms with Gasteiger partial charge >= 0.3 is 0 Å². The molecule has 5 nitrogen and oxygen atoms in total. The summed E-state index contributed by atoms with van der Waals surface area (Å²) in [6.45, 7) is 0.746. The van der Waals surface area contributed by atoms with E-state index in [9.17, 15) is 14.3 Å². The van der Waals surface area contributed by atoms with Gasteiger partial charge in [0, 0.05) is 26.6 Å². The third kappa shape index (κ3) is 6.17. The van der Waals surface area contributed by atoms with Crippen LogP contribution in [0.4, 0.5) is 4.39 Å². The minimum atomic E-state index is -0.760. The highest BCUT2D eigenvalue weighted by Gasteiger charge is 2.07. The first-order chi connectivity index (χ1) is 9.13. The lowest BCUT2D eigenvalue weighted by molar-refractivity contribution is -0.120. The third-order valence-corrected chi connectivity index (χ3v) is 2.46. The van der Waals surface area contributed by atoms with Gasteiger partial charge in [-0.15, -0.1) is 0 Å². The highest BCUT2D eigenvalue weighted by molar-refractivity contribution is 5.75. The summed E-state index contributed by atoms with van der Waals surface area (Å²) in [5.74, 6) is -0.404. The maximum absolute atomic E-state index is 13.2. The van der Waals surface area contributed by atoms with Crippen LogP contribution in [0.5, 0.6) is 5.75 Å². The topological polar surface area (TPSA) is 70.6 Å². The maximum Gasteiger partial charge on any atom is 0.221 e. The predicted molar refractivity (Wildman–Crippen MR) is 69.5 cm³/mol. The van der Waals surface area contributed by atoms with Crippen LogP contribution >= 0.6 is 0 Å². The monoisotopic (exact) mass is 270 g/mol. The standard InChI is InChI=1S/C13H19FN2O3/c1-15-13(18)6-7-16-8-10(17)9-19-12-5-3-2-4-11(12)14/h2-5,10,16-17H,6-9H2,1H3,(H,15,18). The largest absolute Gasteiger partial charge is 0.488 e. The van der Waals surface area contributed by atoms with Crippen LogP contribution in [-0.4, -0.2) is 43.9 Å². The zero-order valence-electron chi connectivity index (χ0n) is 10.9. The number of rotatable bonds is 8. The normalized spacial score (nSPS) is 11.9. The van der Waals surface area contributed by atoms with Crippen LogP contribution in [0.15, 0.2) is 24.3 Å². The number of benzene rings is 1. The number of halogens is 1. The molecule has 106 valence electrons. The number of carbonyl (C=O) groups is 1. The van der Waals surface area contributed by atoms with Gasteiger partial charge in [0.2, 0.25) is 5.91 Å². The number of aliphatic hydroxyl groups excluding tert-OH is 1. The summed E-state index contributed by atoms with van der Waals surface area (Å²) < 4.78 is 18.4. The van der Waals surface area contributed by atoms with Gasteiger partial charge in [0.1, 0.15) is 12.7 Å². The molecule has 0 bridgehead atoms. The lowest BCUT2D eigenvalue weighted by Crippen LogP contribution is -2.33. The molecule has 0 fully saturated rings. The molecule has 0 radical (unpaired) electrons. The first kappa shape index (κ1) is 15.4. The molecule has 0 saturated carbocycles. The lowest BCUT2D eigenvalue weighted by atomic mass is 10.3. The van der Waals surface area contributed by atoms with E-state index >= 15 is 0 Å². The predicted octanol–water partition coefficient (Wildman–Crippen LogP) is 0.291. The highest BCUT2D eigenvalue weighted by atomic mass is 19.1. The van der Waals surface area contributed by atoms with E-state index in [1.54, 1.807) is 19.2 Å². The van der Waals surface area contributed by atoms with Gasteiger partial charge in [-0.1, -0.05) is 12.1 Å². The van der Waals surface area contributed by atoms with Crippen LogP contribution in [0, 0.1) is 5.82 Å². The number of hydrogen-bond acceptors (Lipinski definition) is 4. The van der Waals surface area contributed by atoms with E-state index in [0.717, 1.165) is 0 Å². The van der Waals surface area contributed by atoms with Gasteiger partial charge in [-0.25, -0.2) is 4.39 Å². The second-order valence-electron chi connectivity index (χ2n) is 4.02. The van der Waals surface area contributed by atoms with Crippen molar-refractivity contribution >= 4 is 5.91 Å². The molecule has 0 saturated heterocycles. The van der Waals surface area contributed by atoms with Crippen molar-refractivity contribution < 1.29 is 19.0 Å². The molecule has 0 aromatic heterocycles. The van der Waals surface area contributed by atoms with Crippen molar-refractivity contribution in [3.63, 3.8) is 0 Å². The average Bonchev–Trinajstić information content (AvgIpc) is 2.42. The minimum absolute atomic E-state index is 0.00604. The Bertz CT molecular complexity index is 401. The fraction of sp³-hybridized carbons (Fsp3) is 0.462. The molecule has 1 amide bonds. The fourth-order valence-corrected chi connectivity index (χ4v) is 1.40. The number of ether oxygens (including phenoxy) is 1. The zero-order valence-corrected chi connectivity index (χ0v) is 10.9. The van der Waals surface area contributed by atoms with E-state index in [2.05, 4.69) is 10.6 Å². The molecule has 1 aromatic rings. The Morgan fingerprint density at radius 3 is 2.89 bits per heavy atom. The molecule has 1 atom stereocenters. The van der Waals surface area contributed by atoms with Gasteiger partial charge in [-0.2, -0.15) is 0 Å². The molecular formula is C13H19FN2O3. The Morgan fingerprint density at radius 1 is 1.47 bits per heavy atom. The molecule has 19 heavy (non-hydrogen) atoms. The molecule has 0 aliphatic carbocycles. The summed E-state index contributed by atoms with van der Waals surface area (Å²) >= 11 is 0. The Morgan fingerprint density at radius 2 is 2.21 bits per heavy atom. The molecule has 6 heteroatoms. The molecular weight excluding hydrogens is 251 g/mol.